The van der Waals surface area contributed by atoms with Gasteiger partial charge in [-0.25, -0.2) is 48.6 Å². The summed E-state index contributed by atoms with van der Waals surface area (Å²) in [6, 6.07) is 10.5. The number of rotatable bonds is 10. The fourth-order valence-electron chi connectivity index (χ4n) is 11.4. The summed E-state index contributed by atoms with van der Waals surface area (Å²) in [7, 11) is -10.2. The summed E-state index contributed by atoms with van der Waals surface area (Å²) in [5.41, 5.74) is 4.22. The highest BCUT2D eigenvalue weighted by atomic mass is 32.2. The van der Waals surface area contributed by atoms with E-state index in [4.69, 9.17) is 0 Å². The molecule has 6 heterocycles. The van der Waals surface area contributed by atoms with Crippen LogP contribution in [0.5, 0.6) is 0 Å². The van der Waals surface area contributed by atoms with Crippen molar-refractivity contribution in [2.45, 2.75) is 147 Å². The number of benzene rings is 1. The van der Waals surface area contributed by atoms with Gasteiger partial charge in [0.1, 0.15) is 11.6 Å². The Kier molecular flexibility index (Phi) is 8.80. The van der Waals surface area contributed by atoms with E-state index in [2.05, 4.69) is 49.2 Å². The SMILES string of the molecule is Cc1ccc(S(=O)(=O)n2ccc3c2ncc2nnc(C45CCC(NS(=O)(=O)C6CC6)(CC4)CC5)n23)cc1.O=S(=O)(NC12CCC(c3nnc4cnc5[nH]ccc5n34)(CC1)CC2)C1CC1. The van der Waals surface area contributed by atoms with Crippen LogP contribution in [0.1, 0.15) is 120 Å². The number of fused-ring (bicyclic) bond motifs is 12. The molecule has 0 aliphatic heterocycles. The molecule has 0 atom stereocenters. The van der Waals surface area contributed by atoms with Gasteiger partial charge in [0, 0.05) is 34.3 Å². The second-order valence-electron chi connectivity index (χ2n) is 19.6. The number of sulfonamides is 2. The first-order valence-electron chi connectivity index (χ1n) is 22.4. The van der Waals surface area contributed by atoms with Crippen LogP contribution >= 0.6 is 0 Å². The number of H-pyrrole nitrogens is 1. The van der Waals surface area contributed by atoms with E-state index in [1.165, 1.54) is 10.2 Å². The highest BCUT2D eigenvalue weighted by Crippen LogP contribution is 2.55. The molecule has 0 saturated heterocycles. The number of nitrogens with one attached hydrogen (secondary N) is 3. The van der Waals surface area contributed by atoms with Crippen LogP contribution in [0.2, 0.25) is 0 Å². The lowest BCUT2D eigenvalue weighted by atomic mass is 9.57. The second-order valence-corrected chi connectivity index (χ2v) is 25.4. The van der Waals surface area contributed by atoms with Gasteiger partial charge in [0.25, 0.3) is 10.0 Å². The van der Waals surface area contributed by atoms with Crippen LogP contribution in [-0.2, 0) is 40.9 Å². The number of hydrogen-bond acceptors (Lipinski definition) is 12. The van der Waals surface area contributed by atoms with E-state index in [9.17, 15) is 25.3 Å². The Hall–Kier alpha value is -4.83. The molecule has 7 aromatic rings. The van der Waals surface area contributed by atoms with Gasteiger partial charge in [0.05, 0.1) is 38.8 Å². The first kappa shape index (κ1) is 40.7. The molecule has 8 saturated carbocycles. The predicted molar refractivity (Wildman–Crippen MR) is 237 cm³/mol. The molecule has 21 heteroatoms. The number of aryl methyl sites for hydroxylation is 1. The topological polar surface area (TPSA) is 233 Å². The largest absolute Gasteiger partial charge is 0.345 e. The number of aromatic nitrogens is 10. The molecule has 0 spiro atoms. The molecule has 1 aromatic carbocycles. The van der Waals surface area contributed by atoms with Gasteiger partial charge in [0.2, 0.25) is 20.0 Å². The van der Waals surface area contributed by atoms with Crippen molar-refractivity contribution < 1.29 is 25.3 Å². The molecule has 15 rings (SSSR count). The van der Waals surface area contributed by atoms with E-state index in [1.54, 1.807) is 42.7 Å². The average Bonchev–Trinajstić information content (AvgIpc) is 4.13. The van der Waals surface area contributed by atoms with E-state index in [0.29, 0.717) is 16.8 Å². The van der Waals surface area contributed by atoms with Crippen LogP contribution in [0.3, 0.4) is 0 Å². The standard InChI is InChI=1S/C25H28N6O4S2.C18H22N6O2S/c1-17-2-4-19(5-3-17)37(34,35)30-15-8-20-22(30)26-16-21-27-28-23(31(20)21)24-9-12-25(13-10-24,14-11-24)29-36(32,33)18-6-7-18;25-27(26,12-1-2-12)23-18-7-4-17(5-8-18,6-9-18)16-22-21-14-11-20-15-13(24(14)16)3-10-19-15/h2-5,8,15-16,18,29H,6-7,9-14H2,1H3;3,10-12,19,23H,1-2,4-9H2. The summed E-state index contributed by atoms with van der Waals surface area (Å²) in [4.78, 5) is 12.2. The number of aromatic amines is 1. The summed E-state index contributed by atoms with van der Waals surface area (Å²) in [5, 5.41) is 17.5. The van der Waals surface area contributed by atoms with Gasteiger partial charge in [-0.2, -0.15) is 0 Å². The maximum Gasteiger partial charge on any atom is 0.269 e. The zero-order valence-corrected chi connectivity index (χ0v) is 37.9. The molecule has 8 aliphatic carbocycles. The van der Waals surface area contributed by atoms with Crippen LogP contribution in [0.4, 0.5) is 0 Å². The van der Waals surface area contributed by atoms with Crippen LogP contribution < -0.4 is 9.44 Å². The summed E-state index contributed by atoms with van der Waals surface area (Å²) < 4.78 is 88.7. The third-order valence-corrected chi connectivity index (χ3v) is 21.5. The van der Waals surface area contributed by atoms with Crippen molar-refractivity contribution >= 4 is 63.7 Å². The van der Waals surface area contributed by atoms with E-state index in [1.807, 2.05) is 23.6 Å². The normalized spacial score (nSPS) is 28.3. The Morgan fingerprint density at radius 3 is 1.58 bits per heavy atom. The number of nitrogens with zero attached hydrogens (tertiary/aromatic N) is 9. The highest BCUT2D eigenvalue weighted by Gasteiger charge is 2.55. The van der Waals surface area contributed by atoms with Crippen molar-refractivity contribution in [1.29, 1.82) is 0 Å². The van der Waals surface area contributed by atoms with Gasteiger partial charge in [-0.3, -0.25) is 8.80 Å². The molecule has 0 amide bonds. The minimum absolute atomic E-state index is 0.0300. The second kappa shape index (κ2) is 13.8. The first-order chi connectivity index (χ1) is 30.6. The highest BCUT2D eigenvalue weighted by molar-refractivity contribution is 7.90. The van der Waals surface area contributed by atoms with Crippen LogP contribution in [0.25, 0.3) is 33.6 Å². The summed E-state index contributed by atoms with van der Waals surface area (Å²) in [6.07, 6.45) is 20.0. The molecule has 8 fully saturated rings. The summed E-state index contributed by atoms with van der Waals surface area (Å²) in [6.45, 7) is 1.91. The van der Waals surface area contributed by atoms with Gasteiger partial charge in [-0.05, 0) is 134 Å². The Balaban J connectivity index is 0.000000142. The van der Waals surface area contributed by atoms with Crippen LogP contribution in [-0.4, -0.2) is 95.0 Å². The van der Waals surface area contributed by atoms with E-state index in [0.717, 1.165) is 137 Å². The third kappa shape index (κ3) is 6.38. The zero-order chi connectivity index (χ0) is 43.9. The van der Waals surface area contributed by atoms with Gasteiger partial charge in [0.15, 0.2) is 22.6 Å². The lowest BCUT2D eigenvalue weighted by Gasteiger charge is -2.52. The molecule has 6 aromatic heterocycles. The van der Waals surface area contributed by atoms with E-state index >= 15 is 0 Å². The van der Waals surface area contributed by atoms with Crippen molar-refractivity contribution in [3.8, 4) is 0 Å². The molecule has 18 nitrogen and oxygen atoms in total. The average molecular weight is 927 g/mol. The van der Waals surface area contributed by atoms with Crippen molar-refractivity contribution in [2.24, 2.45) is 0 Å². The van der Waals surface area contributed by atoms with Crippen molar-refractivity contribution in [1.82, 2.24) is 57.6 Å². The Morgan fingerprint density at radius 2 is 1.08 bits per heavy atom. The lowest BCUT2D eigenvalue weighted by Crippen LogP contribution is -2.58. The predicted octanol–water partition coefficient (Wildman–Crippen LogP) is 5.08. The van der Waals surface area contributed by atoms with Crippen molar-refractivity contribution in [3.63, 3.8) is 0 Å². The molecule has 0 unspecified atom stereocenters. The quantitative estimate of drug-likeness (QED) is 0.163. The zero-order valence-electron chi connectivity index (χ0n) is 35.4. The Morgan fingerprint density at radius 1 is 0.594 bits per heavy atom. The third-order valence-electron chi connectivity index (χ3n) is 15.6. The molecule has 336 valence electrons. The minimum Gasteiger partial charge on any atom is -0.345 e. The number of hydrogen-bond donors (Lipinski definition) is 3. The van der Waals surface area contributed by atoms with Crippen LogP contribution in [0.15, 0.2) is 66.1 Å². The Labute approximate surface area is 370 Å². The lowest BCUT2D eigenvalue weighted by molar-refractivity contribution is 0.0882. The van der Waals surface area contributed by atoms with E-state index in [-0.39, 0.29) is 37.3 Å². The van der Waals surface area contributed by atoms with Gasteiger partial charge >= 0.3 is 0 Å². The van der Waals surface area contributed by atoms with E-state index < -0.39 is 30.1 Å². The monoisotopic (exact) mass is 926 g/mol. The Bertz CT molecular complexity index is 3320. The summed E-state index contributed by atoms with van der Waals surface area (Å²) in [5.74, 6) is 1.81. The molecule has 4 bridgehead atoms. The molecule has 3 N–H and O–H groups in total. The van der Waals surface area contributed by atoms with Crippen molar-refractivity contribution in [2.75, 3.05) is 0 Å². The van der Waals surface area contributed by atoms with Gasteiger partial charge < -0.3 is 4.98 Å². The maximum atomic E-state index is 13.4. The minimum atomic E-state index is -3.83. The maximum absolute atomic E-state index is 13.4. The summed E-state index contributed by atoms with van der Waals surface area (Å²) >= 11 is 0. The molecule has 64 heavy (non-hydrogen) atoms. The fourth-order valence-corrected chi connectivity index (χ4v) is 16.3. The van der Waals surface area contributed by atoms with Gasteiger partial charge in [-0.15, -0.1) is 20.4 Å². The van der Waals surface area contributed by atoms with Gasteiger partial charge in [-0.1, -0.05) is 17.7 Å². The smallest absolute Gasteiger partial charge is 0.269 e. The van der Waals surface area contributed by atoms with Crippen molar-refractivity contribution in [3.05, 3.63) is 78.4 Å². The molecule has 0 radical (unpaired) electrons. The molecular formula is C43H50N12O6S3. The first-order valence-corrected chi connectivity index (χ1v) is 26.9. The molecule has 8 aliphatic rings. The van der Waals surface area contributed by atoms with Crippen LogP contribution in [0, 0.1) is 6.92 Å². The molecular weight excluding hydrogens is 877 g/mol. The fraction of sp³-hybridized carbons (Fsp3) is 0.535.